The summed E-state index contributed by atoms with van der Waals surface area (Å²) in [5.74, 6) is -0.281. The van der Waals surface area contributed by atoms with Crippen molar-refractivity contribution < 1.29 is 14.6 Å². The van der Waals surface area contributed by atoms with E-state index in [1.807, 2.05) is 13.8 Å². The molecule has 0 aromatic heterocycles. The van der Waals surface area contributed by atoms with E-state index in [0.717, 1.165) is 26.3 Å². The summed E-state index contributed by atoms with van der Waals surface area (Å²) < 4.78 is 5.50. The molecule has 1 saturated heterocycles. The number of aliphatic carboxylic acids is 1. The van der Waals surface area contributed by atoms with Crippen LogP contribution in [0.15, 0.2) is 0 Å². The topological polar surface area (TPSA) is 49.8 Å². The van der Waals surface area contributed by atoms with Crippen molar-refractivity contribution in [2.45, 2.75) is 40.2 Å². The summed E-state index contributed by atoms with van der Waals surface area (Å²) in [5.41, 5.74) is 0.137. The third kappa shape index (κ3) is 3.42. The van der Waals surface area contributed by atoms with Crippen LogP contribution in [0.25, 0.3) is 0 Å². The Hall–Kier alpha value is -0.610. The molecule has 1 heterocycles. The van der Waals surface area contributed by atoms with Gasteiger partial charge in [0.25, 0.3) is 0 Å². The van der Waals surface area contributed by atoms with Crippen LogP contribution in [0.3, 0.4) is 0 Å². The highest BCUT2D eigenvalue weighted by Gasteiger charge is 2.42. The summed E-state index contributed by atoms with van der Waals surface area (Å²) in [7, 11) is 0. The Kier molecular flexibility index (Phi) is 4.95. The number of carbonyl (C=O) groups is 1. The molecular weight excluding hydrogens is 218 g/mol. The average Bonchev–Trinajstić information content (AvgIpc) is 2.51. The molecule has 2 atom stereocenters. The molecule has 0 spiro atoms. The molecule has 4 heteroatoms. The summed E-state index contributed by atoms with van der Waals surface area (Å²) in [5, 5.41) is 9.19. The zero-order valence-electron chi connectivity index (χ0n) is 11.4. The number of carboxylic acids is 1. The monoisotopic (exact) mass is 243 g/mol. The van der Waals surface area contributed by atoms with Gasteiger partial charge in [-0.1, -0.05) is 20.8 Å². The molecule has 4 nitrogen and oxygen atoms in total. The van der Waals surface area contributed by atoms with Crippen molar-refractivity contribution in [2.24, 2.45) is 11.3 Å². The molecule has 0 aliphatic carbocycles. The van der Waals surface area contributed by atoms with E-state index in [2.05, 4.69) is 18.7 Å². The molecule has 1 rings (SSSR count). The number of likely N-dealkylation sites (tertiary alicyclic amines) is 1. The zero-order valence-corrected chi connectivity index (χ0v) is 11.4. The summed E-state index contributed by atoms with van der Waals surface area (Å²) >= 11 is 0. The quantitative estimate of drug-likeness (QED) is 0.773. The number of nitrogens with zero attached hydrogens (tertiary/aromatic N) is 1. The van der Waals surface area contributed by atoms with Gasteiger partial charge < -0.3 is 9.84 Å². The van der Waals surface area contributed by atoms with Gasteiger partial charge in [-0.15, -0.1) is 0 Å². The summed E-state index contributed by atoms with van der Waals surface area (Å²) in [6, 6.07) is -0.346. The van der Waals surface area contributed by atoms with Crippen molar-refractivity contribution >= 4 is 5.97 Å². The first-order valence-corrected chi connectivity index (χ1v) is 6.47. The Morgan fingerprint density at radius 2 is 2.18 bits per heavy atom. The van der Waals surface area contributed by atoms with Gasteiger partial charge in [0, 0.05) is 25.6 Å². The fourth-order valence-corrected chi connectivity index (χ4v) is 2.61. The maximum atomic E-state index is 11.2. The van der Waals surface area contributed by atoms with Gasteiger partial charge in [0.05, 0.1) is 6.61 Å². The molecule has 0 unspecified atom stereocenters. The maximum Gasteiger partial charge on any atom is 0.320 e. The molecule has 0 saturated carbocycles. The SMILES string of the molecule is CCOC[C@@H]1CN([C@H](CC)C(=O)O)CC1(C)C. The molecule has 0 aromatic rings. The smallest absolute Gasteiger partial charge is 0.320 e. The predicted molar refractivity (Wildman–Crippen MR) is 67.1 cm³/mol. The molecular formula is C13H25NO3. The van der Waals surface area contributed by atoms with Gasteiger partial charge in [-0.05, 0) is 18.8 Å². The van der Waals surface area contributed by atoms with Crippen LogP contribution in [-0.4, -0.2) is 48.3 Å². The Morgan fingerprint density at radius 1 is 1.53 bits per heavy atom. The van der Waals surface area contributed by atoms with Crippen molar-refractivity contribution in [2.75, 3.05) is 26.3 Å². The normalized spacial score (nSPS) is 26.0. The van der Waals surface area contributed by atoms with E-state index >= 15 is 0 Å². The summed E-state index contributed by atoms with van der Waals surface area (Å²) in [6.07, 6.45) is 0.659. The minimum absolute atomic E-state index is 0.137. The molecule has 0 radical (unpaired) electrons. The highest BCUT2D eigenvalue weighted by molar-refractivity contribution is 5.73. The van der Waals surface area contributed by atoms with E-state index in [1.165, 1.54) is 0 Å². The van der Waals surface area contributed by atoms with E-state index in [4.69, 9.17) is 4.74 Å². The Balaban J connectivity index is 2.65. The van der Waals surface area contributed by atoms with Crippen LogP contribution in [-0.2, 0) is 9.53 Å². The minimum atomic E-state index is -0.708. The molecule has 100 valence electrons. The predicted octanol–water partition coefficient (Wildman–Crippen LogP) is 1.84. The van der Waals surface area contributed by atoms with Crippen molar-refractivity contribution in [3.05, 3.63) is 0 Å². The number of hydrogen-bond donors (Lipinski definition) is 1. The lowest BCUT2D eigenvalue weighted by atomic mass is 9.83. The van der Waals surface area contributed by atoms with Gasteiger partial charge in [0.15, 0.2) is 0 Å². The van der Waals surface area contributed by atoms with Gasteiger partial charge in [-0.2, -0.15) is 0 Å². The number of carboxylic acid groups (broad SMARTS) is 1. The van der Waals surface area contributed by atoms with Crippen LogP contribution in [0, 0.1) is 11.3 Å². The molecule has 1 aliphatic rings. The van der Waals surface area contributed by atoms with E-state index in [9.17, 15) is 9.90 Å². The van der Waals surface area contributed by atoms with Crippen molar-refractivity contribution in [1.82, 2.24) is 4.90 Å². The van der Waals surface area contributed by atoms with E-state index < -0.39 is 5.97 Å². The van der Waals surface area contributed by atoms with Crippen molar-refractivity contribution in [3.63, 3.8) is 0 Å². The van der Waals surface area contributed by atoms with Crippen LogP contribution >= 0.6 is 0 Å². The largest absolute Gasteiger partial charge is 0.480 e. The van der Waals surface area contributed by atoms with E-state index in [-0.39, 0.29) is 11.5 Å². The van der Waals surface area contributed by atoms with Crippen molar-refractivity contribution in [3.8, 4) is 0 Å². The molecule has 0 bridgehead atoms. The molecule has 1 fully saturated rings. The third-order valence-corrected chi connectivity index (χ3v) is 3.81. The summed E-state index contributed by atoms with van der Waals surface area (Å²) in [6.45, 7) is 11.5. The van der Waals surface area contributed by atoms with Gasteiger partial charge in [0.1, 0.15) is 6.04 Å². The third-order valence-electron chi connectivity index (χ3n) is 3.81. The number of rotatable bonds is 6. The van der Waals surface area contributed by atoms with Crippen LogP contribution in [0.4, 0.5) is 0 Å². The van der Waals surface area contributed by atoms with Gasteiger partial charge in [-0.3, -0.25) is 9.69 Å². The molecule has 17 heavy (non-hydrogen) atoms. The highest BCUT2D eigenvalue weighted by Crippen LogP contribution is 2.36. The second-order valence-electron chi connectivity index (χ2n) is 5.54. The Labute approximate surface area is 104 Å². The molecule has 0 amide bonds. The minimum Gasteiger partial charge on any atom is -0.480 e. The fraction of sp³-hybridized carbons (Fsp3) is 0.923. The van der Waals surface area contributed by atoms with Gasteiger partial charge in [-0.25, -0.2) is 0 Å². The maximum absolute atomic E-state index is 11.2. The Bertz CT molecular complexity index is 265. The molecule has 0 aromatic carbocycles. The van der Waals surface area contributed by atoms with Gasteiger partial charge in [0.2, 0.25) is 0 Å². The van der Waals surface area contributed by atoms with Crippen LogP contribution < -0.4 is 0 Å². The van der Waals surface area contributed by atoms with Crippen LogP contribution in [0.5, 0.6) is 0 Å². The molecule has 1 aliphatic heterocycles. The number of hydrogen-bond acceptors (Lipinski definition) is 3. The lowest BCUT2D eigenvalue weighted by Gasteiger charge is -2.26. The van der Waals surface area contributed by atoms with E-state index in [1.54, 1.807) is 0 Å². The number of ether oxygens (including phenoxy) is 1. The average molecular weight is 243 g/mol. The second kappa shape index (κ2) is 5.83. The first-order chi connectivity index (χ1) is 7.92. The standard InChI is InChI=1S/C13H25NO3/c1-5-11(12(15)16)14-7-10(8-17-6-2)13(3,4)9-14/h10-11H,5-9H2,1-4H3,(H,15,16)/t10-,11+/m0/s1. The first-order valence-electron chi connectivity index (χ1n) is 6.47. The first kappa shape index (κ1) is 14.5. The fourth-order valence-electron chi connectivity index (χ4n) is 2.61. The van der Waals surface area contributed by atoms with E-state index in [0.29, 0.717) is 12.3 Å². The van der Waals surface area contributed by atoms with Crippen molar-refractivity contribution in [1.29, 1.82) is 0 Å². The molecule has 1 N–H and O–H groups in total. The Morgan fingerprint density at radius 3 is 2.65 bits per heavy atom. The zero-order chi connectivity index (χ0) is 13.1. The van der Waals surface area contributed by atoms with Crippen LogP contribution in [0.1, 0.15) is 34.1 Å². The lowest BCUT2D eigenvalue weighted by molar-refractivity contribution is -0.143. The highest BCUT2D eigenvalue weighted by atomic mass is 16.5. The van der Waals surface area contributed by atoms with Crippen LogP contribution in [0.2, 0.25) is 0 Å². The lowest BCUT2D eigenvalue weighted by Crippen LogP contribution is -2.40. The summed E-state index contributed by atoms with van der Waals surface area (Å²) in [4.78, 5) is 13.3. The second-order valence-corrected chi connectivity index (χ2v) is 5.54. The van der Waals surface area contributed by atoms with Gasteiger partial charge >= 0.3 is 5.97 Å².